The zero-order chi connectivity index (χ0) is 14.4. The fourth-order valence-electron chi connectivity index (χ4n) is 3.01. The Morgan fingerprint density at radius 3 is 2.40 bits per heavy atom. The molecule has 114 valence electrons. The monoisotopic (exact) mass is 282 g/mol. The molecule has 2 aliphatic carbocycles. The van der Waals surface area contributed by atoms with Crippen LogP contribution in [0.15, 0.2) is 0 Å². The van der Waals surface area contributed by atoms with Crippen LogP contribution >= 0.6 is 0 Å². The number of aliphatic hydroxyl groups is 1. The van der Waals surface area contributed by atoms with E-state index in [1.807, 2.05) is 0 Å². The maximum absolute atomic E-state index is 12.0. The van der Waals surface area contributed by atoms with Gasteiger partial charge >= 0.3 is 0 Å². The molecular weight excluding hydrogens is 256 g/mol. The molecule has 0 aromatic heterocycles. The summed E-state index contributed by atoms with van der Waals surface area (Å²) in [6.45, 7) is 0.433. The maximum Gasteiger partial charge on any atom is 0.242 e. The third-order valence-corrected chi connectivity index (χ3v) is 4.28. The number of nitrogens with zero attached hydrogens (tertiary/aromatic N) is 1. The van der Waals surface area contributed by atoms with E-state index < -0.39 is 0 Å². The molecule has 0 aliphatic heterocycles. The summed E-state index contributed by atoms with van der Waals surface area (Å²) >= 11 is 0. The molecule has 0 atom stereocenters. The van der Waals surface area contributed by atoms with Crippen molar-refractivity contribution in [3.63, 3.8) is 0 Å². The standard InChI is InChI=1S/C15H26N2O3/c18-9-8-17(13-6-7-13)15(20)11-16-14(19)10-12-4-2-1-3-5-12/h12-13,18H,1-11H2,(H,16,19). The molecule has 0 heterocycles. The lowest BCUT2D eigenvalue weighted by atomic mass is 9.87. The molecule has 2 amide bonds. The van der Waals surface area contributed by atoms with Crippen LogP contribution in [0, 0.1) is 5.92 Å². The van der Waals surface area contributed by atoms with Gasteiger partial charge in [0.05, 0.1) is 13.2 Å². The minimum absolute atomic E-state index is 0.00926. The molecule has 5 nitrogen and oxygen atoms in total. The van der Waals surface area contributed by atoms with Gasteiger partial charge in [-0.3, -0.25) is 9.59 Å². The van der Waals surface area contributed by atoms with Gasteiger partial charge in [0.15, 0.2) is 0 Å². The van der Waals surface area contributed by atoms with Crippen molar-refractivity contribution in [3.8, 4) is 0 Å². The van der Waals surface area contributed by atoms with Crippen molar-refractivity contribution in [3.05, 3.63) is 0 Å². The van der Waals surface area contributed by atoms with Crippen LogP contribution in [0.3, 0.4) is 0 Å². The van der Waals surface area contributed by atoms with Gasteiger partial charge in [0.2, 0.25) is 11.8 Å². The molecule has 0 aromatic rings. The summed E-state index contributed by atoms with van der Waals surface area (Å²) in [6.07, 6.45) is 8.60. The summed E-state index contributed by atoms with van der Waals surface area (Å²) in [5.41, 5.74) is 0. The molecule has 2 fully saturated rings. The van der Waals surface area contributed by atoms with Gasteiger partial charge < -0.3 is 15.3 Å². The average molecular weight is 282 g/mol. The zero-order valence-corrected chi connectivity index (χ0v) is 12.1. The second kappa shape index (κ2) is 7.62. The highest BCUT2D eigenvalue weighted by molar-refractivity contribution is 5.85. The summed E-state index contributed by atoms with van der Waals surface area (Å²) in [5.74, 6) is 0.416. The molecule has 2 rings (SSSR count). The molecule has 2 saturated carbocycles. The van der Waals surface area contributed by atoms with E-state index in [2.05, 4.69) is 5.32 Å². The predicted octanol–water partition coefficient (Wildman–Crippen LogP) is 1.06. The number of hydrogen-bond donors (Lipinski definition) is 2. The van der Waals surface area contributed by atoms with E-state index in [1.165, 1.54) is 19.3 Å². The number of hydrogen-bond acceptors (Lipinski definition) is 3. The highest BCUT2D eigenvalue weighted by atomic mass is 16.3. The van der Waals surface area contributed by atoms with E-state index >= 15 is 0 Å². The Kier molecular flexibility index (Phi) is 5.83. The van der Waals surface area contributed by atoms with Crippen molar-refractivity contribution >= 4 is 11.8 Å². The van der Waals surface area contributed by atoms with Gasteiger partial charge in [0.1, 0.15) is 0 Å². The largest absolute Gasteiger partial charge is 0.395 e. The van der Waals surface area contributed by atoms with Gasteiger partial charge in [-0.2, -0.15) is 0 Å². The maximum atomic E-state index is 12.0. The molecular formula is C15H26N2O3. The van der Waals surface area contributed by atoms with E-state index in [0.717, 1.165) is 25.7 Å². The normalized spacial score (nSPS) is 19.6. The molecule has 0 bridgehead atoms. The summed E-state index contributed by atoms with van der Waals surface area (Å²) < 4.78 is 0. The molecule has 2 N–H and O–H groups in total. The minimum Gasteiger partial charge on any atom is -0.395 e. The lowest BCUT2D eigenvalue weighted by Gasteiger charge is -2.23. The van der Waals surface area contributed by atoms with Gasteiger partial charge in [-0.15, -0.1) is 0 Å². The van der Waals surface area contributed by atoms with Crippen molar-refractivity contribution in [2.75, 3.05) is 19.7 Å². The van der Waals surface area contributed by atoms with Crippen LogP contribution in [-0.4, -0.2) is 47.6 Å². The quantitative estimate of drug-likeness (QED) is 0.733. The first-order chi connectivity index (χ1) is 9.70. The number of amides is 2. The Morgan fingerprint density at radius 1 is 1.10 bits per heavy atom. The van der Waals surface area contributed by atoms with Gasteiger partial charge in [0, 0.05) is 19.0 Å². The molecule has 0 aromatic carbocycles. The molecule has 20 heavy (non-hydrogen) atoms. The number of aliphatic hydroxyl groups excluding tert-OH is 1. The Morgan fingerprint density at radius 2 is 1.80 bits per heavy atom. The minimum atomic E-state index is -0.0708. The second-order valence-corrected chi connectivity index (χ2v) is 6.03. The smallest absolute Gasteiger partial charge is 0.242 e. The van der Waals surface area contributed by atoms with Crippen LogP contribution in [0.1, 0.15) is 51.4 Å². The van der Waals surface area contributed by atoms with Crippen LogP contribution in [0.2, 0.25) is 0 Å². The summed E-state index contributed by atoms with van der Waals surface area (Å²) in [5, 5.41) is 11.7. The molecule has 0 saturated heterocycles. The van der Waals surface area contributed by atoms with Gasteiger partial charge in [-0.1, -0.05) is 19.3 Å². The van der Waals surface area contributed by atoms with Crippen LogP contribution in [0.4, 0.5) is 0 Å². The fourth-order valence-corrected chi connectivity index (χ4v) is 3.01. The summed E-state index contributed by atoms with van der Waals surface area (Å²) in [6, 6.07) is 0.282. The van der Waals surface area contributed by atoms with E-state index in [-0.39, 0.29) is 31.0 Å². The third-order valence-electron chi connectivity index (χ3n) is 4.28. The first kappa shape index (κ1) is 15.3. The van der Waals surface area contributed by atoms with Crippen LogP contribution in [0.5, 0.6) is 0 Å². The molecule has 0 radical (unpaired) electrons. The van der Waals surface area contributed by atoms with Crippen molar-refractivity contribution in [1.29, 1.82) is 0 Å². The topological polar surface area (TPSA) is 69.6 Å². The van der Waals surface area contributed by atoms with Gasteiger partial charge in [0.25, 0.3) is 0 Å². The lowest BCUT2D eigenvalue weighted by molar-refractivity contribution is -0.134. The van der Waals surface area contributed by atoms with Crippen molar-refractivity contribution in [2.45, 2.75) is 57.4 Å². The zero-order valence-electron chi connectivity index (χ0n) is 12.1. The van der Waals surface area contributed by atoms with Crippen molar-refractivity contribution < 1.29 is 14.7 Å². The Balaban J connectivity index is 1.67. The van der Waals surface area contributed by atoms with E-state index in [4.69, 9.17) is 5.11 Å². The summed E-state index contributed by atoms with van der Waals surface area (Å²) in [4.78, 5) is 25.6. The van der Waals surface area contributed by atoms with Crippen LogP contribution in [-0.2, 0) is 9.59 Å². The van der Waals surface area contributed by atoms with Gasteiger partial charge in [-0.05, 0) is 31.6 Å². The van der Waals surface area contributed by atoms with Crippen LogP contribution < -0.4 is 5.32 Å². The molecule has 0 spiro atoms. The SMILES string of the molecule is O=C(CC1CCCCC1)NCC(=O)N(CCO)C1CC1. The number of carbonyl (C=O) groups is 2. The van der Waals surface area contributed by atoms with Crippen molar-refractivity contribution in [2.24, 2.45) is 5.92 Å². The molecule has 5 heteroatoms. The molecule has 2 aliphatic rings. The van der Waals surface area contributed by atoms with Crippen molar-refractivity contribution in [1.82, 2.24) is 10.2 Å². The first-order valence-corrected chi connectivity index (χ1v) is 7.87. The van der Waals surface area contributed by atoms with E-state index in [1.54, 1.807) is 4.90 Å². The third kappa shape index (κ3) is 4.78. The van der Waals surface area contributed by atoms with Gasteiger partial charge in [-0.25, -0.2) is 0 Å². The Bertz CT molecular complexity index is 336. The highest BCUT2D eigenvalue weighted by Gasteiger charge is 2.32. The fraction of sp³-hybridized carbons (Fsp3) is 0.867. The average Bonchev–Trinajstić information content (AvgIpc) is 3.28. The molecule has 0 unspecified atom stereocenters. The van der Waals surface area contributed by atoms with E-state index in [0.29, 0.717) is 18.9 Å². The Labute approximate surface area is 120 Å². The number of nitrogens with one attached hydrogen (secondary N) is 1. The number of rotatable bonds is 7. The first-order valence-electron chi connectivity index (χ1n) is 7.87. The Hall–Kier alpha value is -1.10. The summed E-state index contributed by atoms with van der Waals surface area (Å²) in [7, 11) is 0. The van der Waals surface area contributed by atoms with Crippen LogP contribution in [0.25, 0.3) is 0 Å². The highest BCUT2D eigenvalue weighted by Crippen LogP contribution is 2.27. The predicted molar refractivity (Wildman–Crippen MR) is 76.0 cm³/mol. The second-order valence-electron chi connectivity index (χ2n) is 6.03. The lowest BCUT2D eigenvalue weighted by Crippen LogP contribution is -2.43. The number of carbonyl (C=O) groups excluding carboxylic acids is 2. The van der Waals surface area contributed by atoms with E-state index in [9.17, 15) is 9.59 Å².